The Morgan fingerprint density at radius 2 is 2.19 bits per heavy atom. The van der Waals surface area contributed by atoms with Crippen LogP contribution in [0, 0.1) is 6.92 Å². The Kier molecular flexibility index (Phi) is 8.71. The Hall–Kier alpha value is -1.79. The van der Waals surface area contributed by atoms with E-state index in [0.717, 1.165) is 51.7 Å². The Bertz CT molecular complexity index is 569. The van der Waals surface area contributed by atoms with Gasteiger partial charge in [-0.1, -0.05) is 6.07 Å². The van der Waals surface area contributed by atoms with E-state index in [1.165, 1.54) is 16.8 Å². The summed E-state index contributed by atoms with van der Waals surface area (Å²) in [6, 6.07) is 6.51. The van der Waals surface area contributed by atoms with Gasteiger partial charge >= 0.3 is 0 Å². The maximum Gasteiger partial charge on any atom is 0.191 e. The molecule has 0 radical (unpaired) electrons. The van der Waals surface area contributed by atoms with Crippen LogP contribution in [0.5, 0.6) is 0 Å². The molecule has 0 bridgehead atoms. The molecule has 1 unspecified atom stereocenters. The lowest BCUT2D eigenvalue weighted by atomic mass is 10.1. The summed E-state index contributed by atoms with van der Waals surface area (Å²) in [5, 5.41) is 6.69. The van der Waals surface area contributed by atoms with Crippen LogP contribution in [0.1, 0.15) is 30.9 Å². The normalized spacial score (nSPS) is 17.4. The van der Waals surface area contributed by atoms with Crippen LogP contribution in [-0.2, 0) is 16.0 Å². The van der Waals surface area contributed by atoms with Gasteiger partial charge in [0.2, 0.25) is 0 Å². The minimum atomic E-state index is 0.282. The summed E-state index contributed by atoms with van der Waals surface area (Å²) in [7, 11) is 4.12. The summed E-state index contributed by atoms with van der Waals surface area (Å²) in [5.41, 5.74) is 3.73. The lowest BCUT2D eigenvalue weighted by molar-refractivity contribution is 0.0420. The fourth-order valence-corrected chi connectivity index (χ4v) is 2.81. The average Bonchev–Trinajstić information content (AvgIpc) is 3.13. The molecule has 2 N–H and O–H groups in total. The lowest BCUT2D eigenvalue weighted by Gasteiger charge is -2.15. The Balaban J connectivity index is 1.78. The summed E-state index contributed by atoms with van der Waals surface area (Å²) in [6.07, 6.45) is 2.26. The lowest BCUT2D eigenvalue weighted by Crippen LogP contribution is -2.38. The third-order valence-electron chi connectivity index (χ3n) is 4.45. The van der Waals surface area contributed by atoms with E-state index in [4.69, 9.17) is 14.5 Å². The van der Waals surface area contributed by atoms with Gasteiger partial charge in [0.1, 0.15) is 0 Å². The summed E-state index contributed by atoms with van der Waals surface area (Å²) in [5.74, 6) is 0.854. The number of anilines is 1. The molecule has 6 nitrogen and oxygen atoms in total. The van der Waals surface area contributed by atoms with Gasteiger partial charge in [-0.2, -0.15) is 0 Å². The molecule has 146 valence electrons. The number of nitrogens with zero attached hydrogens (tertiary/aromatic N) is 2. The number of nitrogens with one attached hydrogen (secondary N) is 2. The molecule has 0 aromatic heterocycles. The summed E-state index contributed by atoms with van der Waals surface area (Å²) in [6.45, 7) is 8.91. The molecule has 1 atom stereocenters. The molecule has 26 heavy (non-hydrogen) atoms. The van der Waals surface area contributed by atoms with Crippen molar-refractivity contribution in [3.63, 3.8) is 0 Å². The number of ether oxygens (including phenoxy) is 2. The number of rotatable bonds is 9. The summed E-state index contributed by atoms with van der Waals surface area (Å²) < 4.78 is 11.1. The molecular formula is C20H34N4O2. The Labute approximate surface area is 158 Å². The molecule has 1 aliphatic heterocycles. The first kappa shape index (κ1) is 20.5. The molecule has 0 aliphatic carbocycles. The standard InChI is InChI=1S/C20H34N4O2/c1-5-21-20(22-10-6-11-26-19-9-12-25-15-19)23-14-17-7-8-18(24(3)4)13-16(17)2/h7-8,13,19H,5-6,9-12,14-15H2,1-4H3,(H2,21,22,23). The van der Waals surface area contributed by atoms with Crippen molar-refractivity contribution in [2.24, 2.45) is 4.99 Å². The molecule has 6 heteroatoms. The van der Waals surface area contributed by atoms with Crippen LogP contribution in [0.3, 0.4) is 0 Å². The molecule has 0 saturated carbocycles. The molecule has 0 amide bonds. The largest absolute Gasteiger partial charge is 0.379 e. The van der Waals surface area contributed by atoms with Gasteiger partial charge < -0.3 is 25.0 Å². The molecule has 1 saturated heterocycles. The second-order valence-corrected chi connectivity index (χ2v) is 6.84. The van der Waals surface area contributed by atoms with Crippen molar-refractivity contribution in [2.75, 3.05) is 51.9 Å². The number of hydrogen-bond acceptors (Lipinski definition) is 4. The van der Waals surface area contributed by atoms with Crippen molar-refractivity contribution >= 4 is 11.6 Å². The van der Waals surface area contributed by atoms with Gasteiger partial charge in [0.25, 0.3) is 0 Å². The number of guanidine groups is 1. The van der Waals surface area contributed by atoms with E-state index in [1.807, 2.05) is 0 Å². The molecule has 0 spiro atoms. The van der Waals surface area contributed by atoms with Gasteiger partial charge in [-0.25, -0.2) is 4.99 Å². The maximum atomic E-state index is 5.79. The van der Waals surface area contributed by atoms with E-state index < -0.39 is 0 Å². The average molecular weight is 363 g/mol. The quantitative estimate of drug-likeness (QED) is 0.401. The maximum absolute atomic E-state index is 5.79. The van der Waals surface area contributed by atoms with Crippen molar-refractivity contribution in [1.82, 2.24) is 10.6 Å². The first-order chi connectivity index (χ1) is 12.6. The third kappa shape index (κ3) is 6.84. The highest BCUT2D eigenvalue weighted by atomic mass is 16.5. The fraction of sp³-hybridized carbons (Fsp3) is 0.650. The Morgan fingerprint density at radius 3 is 2.85 bits per heavy atom. The number of aliphatic imine (C=N–C) groups is 1. The monoisotopic (exact) mass is 362 g/mol. The van der Waals surface area contributed by atoms with Crippen LogP contribution < -0.4 is 15.5 Å². The van der Waals surface area contributed by atoms with Gasteiger partial charge in [-0.3, -0.25) is 0 Å². The Morgan fingerprint density at radius 1 is 1.35 bits per heavy atom. The second-order valence-electron chi connectivity index (χ2n) is 6.84. The smallest absolute Gasteiger partial charge is 0.191 e. The van der Waals surface area contributed by atoms with Crippen LogP contribution in [0.15, 0.2) is 23.2 Å². The zero-order valence-electron chi connectivity index (χ0n) is 16.7. The van der Waals surface area contributed by atoms with Gasteiger partial charge in [0, 0.05) is 46.1 Å². The number of aryl methyl sites for hydroxylation is 1. The zero-order valence-corrected chi connectivity index (χ0v) is 16.7. The topological polar surface area (TPSA) is 58.1 Å². The van der Waals surface area contributed by atoms with Gasteiger partial charge in [-0.15, -0.1) is 0 Å². The van der Waals surface area contributed by atoms with Crippen LogP contribution in [0.4, 0.5) is 5.69 Å². The van der Waals surface area contributed by atoms with Crippen molar-refractivity contribution in [1.29, 1.82) is 0 Å². The van der Waals surface area contributed by atoms with Crippen LogP contribution in [-0.4, -0.2) is 59.1 Å². The highest BCUT2D eigenvalue weighted by molar-refractivity contribution is 5.79. The van der Waals surface area contributed by atoms with E-state index in [9.17, 15) is 0 Å². The van der Waals surface area contributed by atoms with Crippen molar-refractivity contribution in [2.45, 2.75) is 39.3 Å². The van der Waals surface area contributed by atoms with E-state index in [0.29, 0.717) is 6.54 Å². The number of hydrogen-bond donors (Lipinski definition) is 2. The first-order valence-corrected chi connectivity index (χ1v) is 9.58. The van der Waals surface area contributed by atoms with Crippen molar-refractivity contribution in [3.8, 4) is 0 Å². The molecule has 1 aliphatic rings. The van der Waals surface area contributed by atoms with E-state index in [-0.39, 0.29) is 6.10 Å². The molecule has 1 heterocycles. The molecule has 1 aromatic carbocycles. The highest BCUT2D eigenvalue weighted by Crippen LogP contribution is 2.18. The van der Waals surface area contributed by atoms with Crippen LogP contribution in [0.25, 0.3) is 0 Å². The highest BCUT2D eigenvalue weighted by Gasteiger charge is 2.15. The number of benzene rings is 1. The van der Waals surface area contributed by atoms with E-state index in [1.54, 1.807) is 0 Å². The minimum Gasteiger partial charge on any atom is -0.379 e. The van der Waals surface area contributed by atoms with Crippen LogP contribution in [0.2, 0.25) is 0 Å². The second kappa shape index (κ2) is 11.0. The van der Waals surface area contributed by atoms with Crippen molar-refractivity contribution in [3.05, 3.63) is 29.3 Å². The SMILES string of the molecule is CCNC(=NCc1ccc(N(C)C)cc1C)NCCCOC1CCOC1. The first-order valence-electron chi connectivity index (χ1n) is 9.58. The fourth-order valence-electron chi connectivity index (χ4n) is 2.81. The van der Waals surface area contributed by atoms with Gasteiger partial charge in [0.15, 0.2) is 5.96 Å². The summed E-state index contributed by atoms with van der Waals surface area (Å²) in [4.78, 5) is 6.83. The van der Waals surface area contributed by atoms with Gasteiger partial charge in [0.05, 0.1) is 19.3 Å². The molecule has 1 aromatic rings. The molecular weight excluding hydrogens is 328 g/mol. The zero-order chi connectivity index (χ0) is 18.8. The minimum absolute atomic E-state index is 0.282. The van der Waals surface area contributed by atoms with E-state index in [2.05, 4.69) is 61.7 Å². The van der Waals surface area contributed by atoms with Crippen molar-refractivity contribution < 1.29 is 9.47 Å². The van der Waals surface area contributed by atoms with Crippen LogP contribution >= 0.6 is 0 Å². The van der Waals surface area contributed by atoms with Gasteiger partial charge in [-0.05, 0) is 49.9 Å². The predicted molar refractivity (Wildman–Crippen MR) is 108 cm³/mol. The molecule has 1 fully saturated rings. The molecule has 2 rings (SSSR count). The summed E-state index contributed by atoms with van der Waals surface area (Å²) >= 11 is 0. The third-order valence-corrected chi connectivity index (χ3v) is 4.45. The predicted octanol–water partition coefficient (Wildman–Crippen LogP) is 2.31. The van der Waals surface area contributed by atoms with E-state index >= 15 is 0 Å².